The summed E-state index contributed by atoms with van der Waals surface area (Å²) >= 11 is 0. The fourth-order valence-corrected chi connectivity index (χ4v) is 3.80. The van der Waals surface area contributed by atoms with E-state index in [2.05, 4.69) is 0 Å². The van der Waals surface area contributed by atoms with Gasteiger partial charge in [-0.05, 0) is 37.7 Å². The molecule has 0 spiro atoms. The van der Waals surface area contributed by atoms with Crippen LogP contribution in [0.2, 0.25) is 0 Å². The third-order valence-corrected chi connectivity index (χ3v) is 4.92. The van der Waals surface area contributed by atoms with Gasteiger partial charge in [0.2, 0.25) is 0 Å². The molecule has 2 atom stereocenters. The number of carbonyl (C=O) groups excluding carboxylic acids is 2. The standard InChI is InChI=1S/C17H22N2O4/c20-16(12-23-17(21)15-9-3-4-11-19(15)22)18-10-5-7-13-6-1-2-8-14(13)18/h3-4,9,11,13-14H,1-2,5-8,10,12H2/t13-,14-/m1/s1. The lowest BCUT2D eigenvalue weighted by molar-refractivity contribution is -0.608. The minimum atomic E-state index is -0.758. The highest BCUT2D eigenvalue weighted by Crippen LogP contribution is 2.35. The normalized spacial score (nSPS) is 23.9. The van der Waals surface area contributed by atoms with Crippen molar-refractivity contribution in [3.05, 3.63) is 35.3 Å². The molecule has 0 aromatic carbocycles. The summed E-state index contributed by atoms with van der Waals surface area (Å²) in [5, 5.41) is 11.5. The molecule has 2 heterocycles. The Morgan fingerprint density at radius 1 is 1.22 bits per heavy atom. The van der Waals surface area contributed by atoms with Crippen LogP contribution in [0.4, 0.5) is 0 Å². The van der Waals surface area contributed by atoms with Crippen molar-refractivity contribution in [3.8, 4) is 0 Å². The summed E-state index contributed by atoms with van der Waals surface area (Å²) in [7, 11) is 0. The Labute approximate surface area is 135 Å². The second-order valence-corrected chi connectivity index (χ2v) is 6.33. The van der Waals surface area contributed by atoms with Crippen LogP contribution in [-0.2, 0) is 9.53 Å². The summed E-state index contributed by atoms with van der Waals surface area (Å²) in [4.78, 5) is 26.2. The lowest BCUT2D eigenvalue weighted by atomic mass is 9.78. The first-order chi connectivity index (χ1) is 11.2. The number of hydrogen-bond donors (Lipinski definition) is 0. The Morgan fingerprint density at radius 3 is 2.83 bits per heavy atom. The molecule has 1 saturated carbocycles. The van der Waals surface area contributed by atoms with E-state index in [1.165, 1.54) is 37.6 Å². The highest BCUT2D eigenvalue weighted by atomic mass is 16.5. The van der Waals surface area contributed by atoms with Crippen LogP contribution in [0.3, 0.4) is 0 Å². The van der Waals surface area contributed by atoms with Gasteiger partial charge in [0, 0.05) is 24.7 Å². The highest BCUT2D eigenvalue weighted by Gasteiger charge is 2.36. The van der Waals surface area contributed by atoms with Gasteiger partial charge >= 0.3 is 11.7 Å². The number of ether oxygens (including phenoxy) is 1. The van der Waals surface area contributed by atoms with Crippen LogP contribution in [0.15, 0.2) is 24.4 Å². The molecule has 3 rings (SSSR count). The molecule has 2 fully saturated rings. The highest BCUT2D eigenvalue weighted by molar-refractivity contribution is 5.88. The van der Waals surface area contributed by atoms with Crippen molar-refractivity contribution in [1.29, 1.82) is 0 Å². The Hall–Kier alpha value is -2.11. The lowest BCUT2D eigenvalue weighted by Crippen LogP contribution is -2.51. The minimum absolute atomic E-state index is 0.102. The number of pyridine rings is 1. The van der Waals surface area contributed by atoms with E-state index in [0.717, 1.165) is 25.8 Å². The Kier molecular flexibility index (Phi) is 4.79. The van der Waals surface area contributed by atoms with Crippen LogP contribution in [-0.4, -0.2) is 36.0 Å². The number of rotatable bonds is 3. The number of likely N-dealkylation sites (tertiary alicyclic amines) is 1. The minimum Gasteiger partial charge on any atom is -0.618 e. The molecule has 6 heteroatoms. The average molecular weight is 318 g/mol. The SMILES string of the molecule is O=C(OCC(=O)N1CCC[C@H]2CCCC[C@H]21)c1cccc[n+]1[O-]. The van der Waals surface area contributed by atoms with Crippen molar-refractivity contribution in [2.45, 2.75) is 44.6 Å². The fourth-order valence-electron chi connectivity index (χ4n) is 3.80. The van der Waals surface area contributed by atoms with E-state index in [9.17, 15) is 14.8 Å². The summed E-state index contributed by atoms with van der Waals surface area (Å²) in [6.07, 6.45) is 8.07. The van der Waals surface area contributed by atoms with Crippen molar-refractivity contribution >= 4 is 11.9 Å². The van der Waals surface area contributed by atoms with E-state index in [-0.39, 0.29) is 18.2 Å². The molecular weight excluding hydrogens is 296 g/mol. The lowest BCUT2D eigenvalue weighted by Gasteiger charge is -2.44. The second-order valence-electron chi connectivity index (χ2n) is 6.33. The number of aromatic nitrogens is 1. The van der Waals surface area contributed by atoms with E-state index >= 15 is 0 Å². The van der Waals surface area contributed by atoms with E-state index in [1.807, 2.05) is 4.90 Å². The number of nitrogens with zero attached hydrogens (tertiary/aromatic N) is 2. The first-order valence-electron chi connectivity index (χ1n) is 8.31. The predicted molar refractivity (Wildman–Crippen MR) is 82.4 cm³/mol. The third kappa shape index (κ3) is 3.46. The molecule has 1 aromatic rings. The molecule has 0 N–H and O–H groups in total. The topological polar surface area (TPSA) is 73.6 Å². The molecule has 1 aromatic heterocycles. The smallest absolute Gasteiger partial charge is 0.405 e. The van der Waals surface area contributed by atoms with Crippen LogP contribution in [0, 0.1) is 11.1 Å². The van der Waals surface area contributed by atoms with Crippen molar-refractivity contribution in [2.75, 3.05) is 13.2 Å². The summed E-state index contributed by atoms with van der Waals surface area (Å²) in [6.45, 7) is 0.446. The summed E-state index contributed by atoms with van der Waals surface area (Å²) in [6, 6.07) is 4.80. The molecule has 124 valence electrons. The van der Waals surface area contributed by atoms with Crippen LogP contribution >= 0.6 is 0 Å². The van der Waals surface area contributed by atoms with Gasteiger partial charge in [-0.2, -0.15) is 4.73 Å². The Balaban J connectivity index is 1.58. The van der Waals surface area contributed by atoms with Crippen LogP contribution in [0.5, 0.6) is 0 Å². The molecule has 1 amide bonds. The third-order valence-electron chi connectivity index (χ3n) is 4.92. The quantitative estimate of drug-likeness (QED) is 0.482. The Morgan fingerprint density at radius 2 is 2.00 bits per heavy atom. The van der Waals surface area contributed by atoms with Gasteiger partial charge in [-0.1, -0.05) is 12.8 Å². The average Bonchev–Trinajstić information content (AvgIpc) is 2.59. The molecule has 0 radical (unpaired) electrons. The van der Waals surface area contributed by atoms with E-state index in [4.69, 9.17) is 4.74 Å². The molecule has 2 aliphatic rings. The monoisotopic (exact) mass is 318 g/mol. The van der Waals surface area contributed by atoms with Crippen molar-refractivity contribution in [1.82, 2.24) is 4.90 Å². The molecule has 1 aliphatic heterocycles. The summed E-state index contributed by atoms with van der Waals surface area (Å²) in [5.41, 5.74) is -0.102. The molecule has 0 unspecified atom stereocenters. The summed E-state index contributed by atoms with van der Waals surface area (Å²) < 4.78 is 5.50. The first kappa shape index (κ1) is 15.8. The van der Waals surface area contributed by atoms with Crippen molar-refractivity contribution in [2.24, 2.45) is 5.92 Å². The van der Waals surface area contributed by atoms with Gasteiger partial charge in [-0.15, -0.1) is 0 Å². The van der Waals surface area contributed by atoms with Crippen LogP contribution < -0.4 is 4.73 Å². The van der Waals surface area contributed by atoms with Gasteiger partial charge < -0.3 is 14.8 Å². The largest absolute Gasteiger partial charge is 0.618 e. The molecule has 6 nitrogen and oxygen atoms in total. The first-order valence-corrected chi connectivity index (χ1v) is 8.31. The molecule has 23 heavy (non-hydrogen) atoms. The summed E-state index contributed by atoms with van der Waals surface area (Å²) in [5.74, 6) is -0.315. The van der Waals surface area contributed by atoms with Gasteiger partial charge in [0.25, 0.3) is 5.91 Å². The number of esters is 1. The maximum atomic E-state index is 12.4. The zero-order chi connectivity index (χ0) is 16.2. The second kappa shape index (κ2) is 6.98. The maximum absolute atomic E-state index is 12.4. The molecular formula is C17H22N2O4. The van der Waals surface area contributed by atoms with Gasteiger partial charge in [0.05, 0.1) is 0 Å². The van der Waals surface area contributed by atoms with E-state index < -0.39 is 5.97 Å². The molecule has 0 bridgehead atoms. The number of hydrogen-bond acceptors (Lipinski definition) is 4. The molecule has 1 aliphatic carbocycles. The zero-order valence-electron chi connectivity index (χ0n) is 13.1. The zero-order valence-corrected chi connectivity index (χ0v) is 13.1. The number of fused-ring (bicyclic) bond motifs is 1. The van der Waals surface area contributed by atoms with Crippen molar-refractivity contribution < 1.29 is 19.1 Å². The van der Waals surface area contributed by atoms with E-state index in [1.54, 1.807) is 6.07 Å². The van der Waals surface area contributed by atoms with E-state index in [0.29, 0.717) is 16.7 Å². The fraction of sp³-hybridized carbons (Fsp3) is 0.588. The Bertz CT molecular complexity index is 588. The van der Waals surface area contributed by atoms with Crippen molar-refractivity contribution in [3.63, 3.8) is 0 Å². The van der Waals surface area contributed by atoms with Gasteiger partial charge in [0.1, 0.15) is 0 Å². The number of amides is 1. The maximum Gasteiger partial charge on any atom is 0.405 e. The molecule has 1 saturated heterocycles. The number of carbonyl (C=O) groups is 2. The van der Waals surface area contributed by atoms with Crippen LogP contribution in [0.25, 0.3) is 0 Å². The van der Waals surface area contributed by atoms with Gasteiger partial charge in [-0.3, -0.25) is 4.79 Å². The number of piperidine rings is 1. The predicted octanol–water partition coefficient (Wildman–Crippen LogP) is 1.66. The van der Waals surface area contributed by atoms with Gasteiger partial charge in [0.15, 0.2) is 12.8 Å². The van der Waals surface area contributed by atoms with Crippen LogP contribution in [0.1, 0.15) is 49.0 Å². The van der Waals surface area contributed by atoms with Gasteiger partial charge in [-0.25, -0.2) is 4.79 Å².